The first kappa shape index (κ1) is 20.4. The second-order valence-electron chi connectivity index (χ2n) is 6.88. The molecule has 3 N–H and O–H groups in total. The molecule has 0 aliphatic heterocycles. The monoisotopic (exact) mass is 370 g/mol. The van der Waals surface area contributed by atoms with Gasteiger partial charge in [-0.2, -0.15) is 4.98 Å². The van der Waals surface area contributed by atoms with E-state index in [1.54, 1.807) is 30.3 Å². The topological polar surface area (TPSA) is 104 Å². The maximum absolute atomic E-state index is 12.4. The minimum Gasteiger partial charge on any atom is -0.326 e. The fourth-order valence-corrected chi connectivity index (χ4v) is 2.57. The highest BCUT2D eigenvalue weighted by Gasteiger charge is 2.11. The molecule has 0 saturated carbocycles. The van der Waals surface area contributed by atoms with Crippen LogP contribution in [-0.2, 0) is 11.2 Å². The summed E-state index contributed by atoms with van der Waals surface area (Å²) in [4.78, 5) is 42.2. The van der Waals surface area contributed by atoms with E-state index in [-0.39, 0.29) is 11.6 Å². The van der Waals surface area contributed by atoms with Crippen molar-refractivity contribution < 1.29 is 9.59 Å². The number of anilines is 2. The van der Waals surface area contributed by atoms with Gasteiger partial charge in [-0.1, -0.05) is 27.2 Å². The molecule has 1 aromatic carbocycles. The van der Waals surface area contributed by atoms with Gasteiger partial charge in [0.05, 0.1) is 0 Å². The Morgan fingerprint density at radius 2 is 1.74 bits per heavy atom. The van der Waals surface area contributed by atoms with E-state index >= 15 is 0 Å². The molecule has 2 rings (SSSR count). The lowest BCUT2D eigenvalue weighted by atomic mass is 10.1. The Kier molecular flexibility index (Phi) is 7.28. The molecule has 0 bridgehead atoms. The molecule has 144 valence electrons. The van der Waals surface area contributed by atoms with Crippen LogP contribution in [0.25, 0.3) is 0 Å². The van der Waals surface area contributed by atoms with Crippen molar-refractivity contribution >= 4 is 23.2 Å². The number of hydrogen-bond donors (Lipinski definition) is 3. The minimum atomic E-state index is -0.538. The Bertz CT molecular complexity index is 841. The van der Waals surface area contributed by atoms with Crippen LogP contribution in [0.5, 0.6) is 0 Å². The van der Waals surface area contributed by atoms with E-state index in [1.807, 2.05) is 20.8 Å². The normalized spacial score (nSPS) is 10.7. The van der Waals surface area contributed by atoms with Crippen LogP contribution in [-0.4, -0.2) is 21.8 Å². The fourth-order valence-electron chi connectivity index (χ4n) is 2.57. The number of nitrogens with one attached hydrogen (secondary N) is 3. The van der Waals surface area contributed by atoms with Gasteiger partial charge < -0.3 is 15.6 Å². The molecule has 1 aromatic heterocycles. The Balaban J connectivity index is 2.02. The van der Waals surface area contributed by atoms with Crippen LogP contribution >= 0.6 is 0 Å². The van der Waals surface area contributed by atoms with Crippen LogP contribution in [0.2, 0.25) is 0 Å². The zero-order valence-corrected chi connectivity index (χ0v) is 16.0. The molecule has 7 nitrogen and oxygen atoms in total. The highest BCUT2D eigenvalue weighted by Crippen LogP contribution is 2.15. The third kappa shape index (κ3) is 6.69. The summed E-state index contributed by atoms with van der Waals surface area (Å²) in [5.74, 6) is -0.135. The van der Waals surface area contributed by atoms with E-state index in [0.717, 1.165) is 12.8 Å². The van der Waals surface area contributed by atoms with E-state index in [0.29, 0.717) is 35.8 Å². The number of carbonyl (C=O) groups excluding carboxylic acids is 2. The number of aromatic amines is 1. The van der Waals surface area contributed by atoms with Gasteiger partial charge in [0.15, 0.2) is 0 Å². The summed E-state index contributed by atoms with van der Waals surface area (Å²) >= 11 is 0. The summed E-state index contributed by atoms with van der Waals surface area (Å²) in [5, 5.41) is 5.53. The van der Waals surface area contributed by atoms with Gasteiger partial charge in [0.1, 0.15) is 5.69 Å². The van der Waals surface area contributed by atoms with Crippen molar-refractivity contribution in [2.75, 3.05) is 10.6 Å². The highest BCUT2D eigenvalue weighted by atomic mass is 16.2. The summed E-state index contributed by atoms with van der Waals surface area (Å²) in [6, 6.07) is 8.41. The van der Waals surface area contributed by atoms with Gasteiger partial charge in [-0.05, 0) is 49.1 Å². The summed E-state index contributed by atoms with van der Waals surface area (Å²) in [6.45, 7) is 6.09. The first-order valence-electron chi connectivity index (χ1n) is 9.19. The number of carbonyl (C=O) groups is 2. The molecule has 0 aliphatic carbocycles. The predicted octanol–water partition coefficient (Wildman–Crippen LogP) is 3.35. The second kappa shape index (κ2) is 9.66. The standard InChI is InChI=1S/C20H26N4O3/c1-4-5-6-18(25)21-14-7-9-15(10-8-14)22-19(26)17-12-16(11-13(2)3)23-20(27)24-17/h7-10,12-13H,4-6,11H2,1-3H3,(H,21,25)(H,22,26)(H,23,24,27). The third-order valence-electron chi connectivity index (χ3n) is 3.85. The Hall–Kier alpha value is -2.96. The average molecular weight is 370 g/mol. The van der Waals surface area contributed by atoms with Gasteiger partial charge in [0.25, 0.3) is 5.91 Å². The van der Waals surface area contributed by atoms with Crippen molar-refractivity contribution in [1.29, 1.82) is 0 Å². The molecule has 7 heteroatoms. The van der Waals surface area contributed by atoms with Crippen LogP contribution < -0.4 is 16.3 Å². The molecule has 27 heavy (non-hydrogen) atoms. The molecule has 0 radical (unpaired) electrons. The first-order valence-corrected chi connectivity index (χ1v) is 9.19. The lowest BCUT2D eigenvalue weighted by Gasteiger charge is -2.09. The van der Waals surface area contributed by atoms with E-state index in [1.165, 1.54) is 0 Å². The van der Waals surface area contributed by atoms with Crippen LogP contribution in [0.15, 0.2) is 35.1 Å². The first-order chi connectivity index (χ1) is 12.9. The van der Waals surface area contributed by atoms with Gasteiger partial charge in [0.2, 0.25) is 5.91 Å². The molecule has 0 fully saturated rings. The maximum atomic E-state index is 12.4. The summed E-state index contributed by atoms with van der Waals surface area (Å²) < 4.78 is 0. The number of hydrogen-bond acceptors (Lipinski definition) is 4. The summed E-state index contributed by atoms with van der Waals surface area (Å²) in [7, 11) is 0. The van der Waals surface area contributed by atoms with Crippen LogP contribution in [0, 0.1) is 5.92 Å². The van der Waals surface area contributed by atoms with E-state index in [2.05, 4.69) is 20.6 Å². The molecule has 2 aromatic rings. The van der Waals surface area contributed by atoms with E-state index < -0.39 is 11.6 Å². The Morgan fingerprint density at radius 1 is 1.11 bits per heavy atom. The van der Waals surface area contributed by atoms with Gasteiger partial charge in [-0.25, -0.2) is 4.79 Å². The summed E-state index contributed by atoms with van der Waals surface area (Å²) in [5.41, 5.74) is 1.44. The zero-order valence-electron chi connectivity index (χ0n) is 16.0. The van der Waals surface area contributed by atoms with Crippen molar-refractivity contribution in [3.05, 3.63) is 52.2 Å². The van der Waals surface area contributed by atoms with Crippen molar-refractivity contribution in [2.45, 2.75) is 46.5 Å². The number of H-pyrrole nitrogens is 1. The largest absolute Gasteiger partial charge is 0.345 e. The zero-order chi connectivity index (χ0) is 19.8. The molecule has 1 heterocycles. The van der Waals surface area contributed by atoms with Crippen LogP contribution in [0.3, 0.4) is 0 Å². The molecule has 0 saturated heterocycles. The third-order valence-corrected chi connectivity index (χ3v) is 3.85. The molecule has 0 atom stereocenters. The van der Waals surface area contributed by atoms with Crippen LogP contribution in [0.4, 0.5) is 11.4 Å². The smallest absolute Gasteiger partial charge is 0.326 e. The SMILES string of the molecule is CCCCC(=O)Nc1ccc(NC(=O)c2cc(CC(C)C)[nH]c(=O)n2)cc1. The number of rotatable bonds is 8. The Morgan fingerprint density at radius 3 is 2.33 bits per heavy atom. The van der Waals surface area contributed by atoms with Gasteiger partial charge in [-0.3, -0.25) is 9.59 Å². The average Bonchev–Trinajstić information content (AvgIpc) is 2.60. The number of unbranched alkanes of at least 4 members (excludes halogenated alkanes) is 1. The molecule has 2 amide bonds. The second-order valence-corrected chi connectivity index (χ2v) is 6.88. The number of aromatic nitrogens is 2. The highest BCUT2D eigenvalue weighted by molar-refractivity contribution is 6.03. The molecule has 0 unspecified atom stereocenters. The molecule has 0 aliphatic rings. The lowest BCUT2D eigenvalue weighted by Crippen LogP contribution is -2.22. The molecule has 0 spiro atoms. The number of amides is 2. The quantitative estimate of drug-likeness (QED) is 0.663. The lowest BCUT2D eigenvalue weighted by molar-refractivity contribution is -0.116. The van der Waals surface area contributed by atoms with Crippen LogP contribution in [0.1, 0.15) is 56.2 Å². The minimum absolute atomic E-state index is 0.0287. The molecular weight excluding hydrogens is 344 g/mol. The number of nitrogens with zero attached hydrogens (tertiary/aromatic N) is 1. The van der Waals surface area contributed by atoms with E-state index in [4.69, 9.17) is 0 Å². The summed E-state index contributed by atoms with van der Waals surface area (Å²) in [6.07, 6.45) is 2.96. The predicted molar refractivity (Wildman–Crippen MR) is 106 cm³/mol. The van der Waals surface area contributed by atoms with E-state index in [9.17, 15) is 14.4 Å². The van der Waals surface area contributed by atoms with Crippen molar-refractivity contribution in [3.8, 4) is 0 Å². The Labute approximate surface area is 158 Å². The van der Waals surface area contributed by atoms with Gasteiger partial charge in [0, 0.05) is 23.5 Å². The number of benzene rings is 1. The molecular formula is C20H26N4O3. The van der Waals surface area contributed by atoms with Gasteiger partial charge >= 0.3 is 5.69 Å². The van der Waals surface area contributed by atoms with Gasteiger partial charge in [-0.15, -0.1) is 0 Å². The van der Waals surface area contributed by atoms with Crippen molar-refractivity contribution in [1.82, 2.24) is 9.97 Å². The fraction of sp³-hybridized carbons (Fsp3) is 0.400. The van der Waals surface area contributed by atoms with Crippen molar-refractivity contribution in [3.63, 3.8) is 0 Å². The van der Waals surface area contributed by atoms with Crippen molar-refractivity contribution in [2.24, 2.45) is 5.92 Å². The maximum Gasteiger partial charge on any atom is 0.345 e.